The zero-order valence-electron chi connectivity index (χ0n) is 8.87. The first-order chi connectivity index (χ1) is 6.52. The average Bonchev–Trinajstić information content (AvgIpc) is 2.53. The molecule has 1 aliphatic heterocycles. The van der Waals surface area contributed by atoms with E-state index in [9.17, 15) is 0 Å². The Morgan fingerprint density at radius 1 is 1.36 bits per heavy atom. The molecule has 0 aromatic rings. The summed E-state index contributed by atoms with van der Waals surface area (Å²) in [6.07, 6.45) is 0. The molecule has 88 valence electrons. The molecular weight excluding hydrogens is 404 g/mol. The van der Waals surface area contributed by atoms with Gasteiger partial charge in [0.05, 0.1) is 6.04 Å². The summed E-state index contributed by atoms with van der Waals surface area (Å²) in [5.74, 6) is 1.98. The molecule has 0 amide bonds. The third kappa shape index (κ3) is 5.85. The van der Waals surface area contributed by atoms with Gasteiger partial charge in [0.15, 0.2) is 5.90 Å². The number of halogens is 2. The van der Waals surface area contributed by atoms with E-state index in [0.29, 0.717) is 31.8 Å². The monoisotopic (exact) mass is 419 g/mol. The van der Waals surface area contributed by atoms with E-state index < -0.39 is 0 Å². The van der Waals surface area contributed by atoms with E-state index in [4.69, 9.17) is 4.74 Å². The summed E-state index contributed by atoms with van der Waals surface area (Å²) in [6, 6.07) is 0.396. The third-order valence-corrected chi connectivity index (χ3v) is 1.96. The molecule has 1 rings (SSSR count). The first-order valence-electron chi connectivity index (χ1n) is 4.55. The van der Waals surface area contributed by atoms with E-state index >= 15 is 0 Å². The van der Waals surface area contributed by atoms with Crippen LogP contribution in [0.5, 0.6) is 0 Å². The van der Waals surface area contributed by atoms with Crippen LogP contribution in [0.15, 0.2) is 4.99 Å². The Hall–Kier alpha value is 1.09. The number of hydrogen-bond acceptors (Lipinski definition) is 2. The van der Waals surface area contributed by atoms with Crippen molar-refractivity contribution in [1.82, 2.24) is 0 Å². The fraction of sp³-hybridized carbons (Fsp3) is 0.889. The SMILES string of the molecule is CC(C)C1=NC(C(C)C)CO1.[Br][Pd][Br]. The predicted octanol–water partition coefficient (Wildman–Crippen LogP) is 3.78. The quantitative estimate of drug-likeness (QED) is 0.622. The van der Waals surface area contributed by atoms with Crippen molar-refractivity contribution in [3.8, 4) is 0 Å². The molecule has 1 unspecified atom stereocenters. The topological polar surface area (TPSA) is 21.6 Å². The van der Waals surface area contributed by atoms with Crippen molar-refractivity contribution in [2.75, 3.05) is 6.61 Å². The third-order valence-electron chi connectivity index (χ3n) is 1.96. The molecule has 0 fully saturated rings. The molecule has 0 aromatic carbocycles. The Bertz CT molecular complexity index is 186. The van der Waals surface area contributed by atoms with E-state index in [2.05, 4.69) is 59.5 Å². The number of nitrogens with zero attached hydrogens (tertiary/aromatic N) is 1. The molecule has 0 saturated heterocycles. The number of rotatable bonds is 2. The van der Waals surface area contributed by atoms with Crippen molar-refractivity contribution in [3.05, 3.63) is 0 Å². The van der Waals surface area contributed by atoms with Crippen molar-refractivity contribution in [2.45, 2.75) is 33.7 Å². The van der Waals surface area contributed by atoms with Gasteiger partial charge in [-0.1, -0.05) is 27.7 Å². The average molecular weight is 421 g/mol. The van der Waals surface area contributed by atoms with Crippen LogP contribution < -0.4 is 0 Å². The number of hydrogen-bond donors (Lipinski definition) is 0. The van der Waals surface area contributed by atoms with Crippen LogP contribution in [-0.2, 0) is 18.7 Å². The molecule has 0 bridgehead atoms. The van der Waals surface area contributed by atoms with Gasteiger partial charge in [0.25, 0.3) is 0 Å². The van der Waals surface area contributed by atoms with Gasteiger partial charge in [0.2, 0.25) is 0 Å². The van der Waals surface area contributed by atoms with Crippen molar-refractivity contribution in [2.24, 2.45) is 16.8 Å². The summed E-state index contributed by atoms with van der Waals surface area (Å²) in [4.78, 5) is 4.48. The second-order valence-corrected chi connectivity index (χ2v) is 11.0. The van der Waals surface area contributed by atoms with Crippen molar-refractivity contribution >= 4 is 32.8 Å². The summed E-state index contributed by atoms with van der Waals surface area (Å²) in [7, 11) is 0. The van der Waals surface area contributed by atoms with Crippen LogP contribution in [0.2, 0.25) is 0 Å². The van der Waals surface area contributed by atoms with Gasteiger partial charge >= 0.3 is 40.8 Å². The van der Waals surface area contributed by atoms with Gasteiger partial charge < -0.3 is 4.74 Å². The van der Waals surface area contributed by atoms with Crippen LogP contribution in [0.1, 0.15) is 27.7 Å². The molecule has 1 atom stereocenters. The molecule has 0 aliphatic carbocycles. The van der Waals surface area contributed by atoms with Gasteiger partial charge in [0, 0.05) is 5.92 Å². The Morgan fingerprint density at radius 2 is 1.86 bits per heavy atom. The molecule has 2 nitrogen and oxygen atoms in total. The van der Waals surface area contributed by atoms with Gasteiger partial charge in [-0.15, -0.1) is 0 Å². The van der Waals surface area contributed by atoms with E-state index in [1.807, 2.05) is 0 Å². The predicted molar refractivity (Wildman–Crippen MR) is 64.7 cm³/mol. The zero-order chi connectivity index (χ0) is 11.1. The molecule has 0 spiro atoms. The second kappa shape index (κ2) is 8.27. The summed E-state index contributed by atoms with van der Waals surface area (Å²) >= 11 is 6.80. The fourth-order valence-electron chi connectivity index (χ4n) is 1.07. The molecule has 5 heteroatoms. The van der Waals surface area contributed by atoms with Crippen LogP contribution >= 0.6 is 26.9 Å². The maximum absolute atomic E-state index is 5.44. The van der Waals surface area contributed by atoms with Gasteiger partial charge in [0.1, 0.15) is 6.61 Å². The Labute approximate surface area is 108 Å². The number of ether oxygens (including phenoxy) is 1. The van der Waals surface area contributed by atoms with Crippen LogP contribution in [0.25, 0.3) is 0 Å². The van der Waals surface area contributed by atoms with Crippen LogP contribution in [0.4, 0.5) is 0 Å². The standard InChI is InChI=1S/C9H17NO.2BrH.Pd/c1-6(2)8-5-11-9(10-8)7(3)4;;;/h6-8H,5H2,1-4H3;2*1H;/q;;;+2/p-2. The van der Waals surface area contributed by atoms with E-state index in [-0.39, 0.29) is 0 Å². The normalized spacial score (nSPS) is 20.6. The first-order valence-corrected chi connectivity index (χ1v) is 11.7. The Balaban J connectivity index is 0.000000500. The van der Waals surface area contributed by atoms with Crippen molar-refractivity contribution in [3.63, 3.8) is 0 Å². The Morgan fingerprint density at radius 3 is 2.07 bits per heavy atom. The molecule has 0 N–H and O–H groups in total. The van der Waals surface area contributed by atoms with Crippen molar-refractivity contribution < 1.29 is 18.7 Å². The summed E-state index contributed by atoms with van der Waals surface area (Å²) < 4.78 is 5.44. The van der Waals surface area contributed by atoms with Crippen LogP contribution in [0, 0.1) is 11.8 Å². The Kier molecular flexibility index (Phi) is 8.91. The van der Waals surface area contributed by atoms with E-state index in [0.717, 1.165) is 12.5 Å². The van der Waals surface area contributed by atoms with E-state index in [1.54, 1.807) is 0 Å². The number of aliphatic imine (C=N–C) groups is 1. The van der Waals surface area contributed by atoms with Crippen LogP contribution in [0.3, 0.4) is 0 Å². The second-order valence-electron chi connectivity index (χ2n) is 3.79. The summed E-state index contributed by atoms with van der Waals surface area (Å²) in [5, 5.41) is 0. The van der Waals surface area contributed by atoms with Gasteiger partial charge in [-0.2, -0.15) is 0 Å². The van der Waals surface area contributed by atoms with E-state index in [1.165, 1.54) is 0 Å². The maximum atomic E-state index is 5.44. The molecule has 1 heterocycles. The molecule has 14 heavy (non-hydrogen) atoms. The van der Waals surface area contributed by atoms with Gasteiger partial charge in [-0.3, -0.25) is 0 Å². The minimum absolute atomic E-state index is 0.396. The summed E-state index contributed by atoms with van der Waals surface area (Å²) in [6.45, 7) is 9.37. The summed E-state index contributed by atoms with van der Waals surface area (Å²) in [5.41, 5.74) is 0. The van der Waals surface area contributed by atoms with Crippen LogP contribution in [-0.4, -0.2) is 18.5 Å². The zero-order valence-corrected chi connectivity index (χ0v) is 13.6. The molecule has 0 radical (unpaired) electrons. The molecule has 0 saturated carbocycles. The fourth-order valence-corrected chi connectivity index (χ4v) is 1.07. The van der Waals surface area contributed by atoms with Gasteiger partial charge in [-0.05, 0) is 5.92 Å². The van der Waals surface area contributed by atoms with Crippen molar-refractivity contribution in [1.29, 1.82) is 0 Å². The van der Waals surface area contributed by atoms with Gasteiger partial charge in [-0.25, -0.2) is 4.99 Å². The first kappa shape index (κ1) is 15.1. The molecular formula is C9H17Br2NOPd. The molecule has 1 aliphatic rings. The molecule has 0 aromatic heterocycles. The minimum atomic E-state index is 0.396.